The normalized spacial score (nSPS) is 13.9. The molecule has 0 saturated heterocycles. The second-order valence-corrected chi connectivity index (χ2v) is 7.31. The fourth-order valence-corrected chi connectivity index (χ4v) is 4.49. The van der Waals surface area contributed by atoms with Crippen molar-refractivity contribution < 1.29 is 13.5 Å². The summed E-state index contributed by atoms with van der Waals surface area (Å²) < 4.78 is 26.8. The van der Waals surface area contributed by atoms with Crippen LogP contribution < -0.4 is 4.72 Å². The van der Waals surface area contributed by atoms with Gasteiger partial charge in [-0.3, -0.25) is 0 Å². The van der Waals surface area contributed by atoms with Crippen LogP contribution in [0, 0.1) is 13.8 Å². The third-order valence-electron chi connectivity index (χ3n) is 2.44. The summed E-state index contributed by atoms with van der Waals surface area (Å²) in [5.41, 5.74) is 0. The zero-order chi connectivity index (χ0) is 13.1. The first-order valence-electron chi connectivity index (χ1n) is 5.57. The molecule has 1 aromatic heterocycles. The van der Waals surface area contributed by atoms with Gasteiger partial charge in [0.1, 0.15) is 0 Å². The molecule has 1 aromatic rings. The minimum Gasteiger partial charge on any atom is -0.396 e. The molecule has 0 aliphatic rings. The number of rotatable bonds is 6. The molecule has 17 heavy (non-hydrogen) atoms. The van der Waals surface area contributed by atoms with E-state index in [4.69, 9.17) is 5.11 Å². The van der Waals surface area contributed by atoms with Crippen LogP contribution in [0.25, 0.3) is 0 Å². The molecule has 0 spiro atoms. The van der Waals surface area contributed by atoms with E-state index in [1.165, 1.54) is 11.3 Å². The third kappa shape index (κ3) is 4.06. The highest BCUT2D eigenvalue weighted by Gasteiger charge is 2.20. The highest BCUT2D eigenvalue weighted by molar-refractivity contribution is 7.89. The van der Waals surface area contributed by atoms with Crippen LogP contribution in [0.2, 0.25) is 0 Å². The van der Waals surface area contributed by atoms with Crippen LogP contribution in [-0.4, -0.2) is 26.2 Å². The monoisotopic (exact) mass is 277 g/mol. The van der Waals surface area contributed by atoms with Crippen molar-refractivity contribution in [2.45, 2.75) is 44.6 Å². The van der Waals surface area contributed by atoms with Crippen molar-refractivity contribution >= 4 is 21.4 Å². The van der Waals surface area contributed by atoms with Crippen LogP contribution >= 0.6 is 11.3 Å². The molecule has 0 aliphatic heterocycles. The molecule has 0 aromatic carbocycles. The van der Waals surface area contributed by atoms with Crippen LogP contribution in [0.1, 0.15) is 29.5 Å². The van der Waals surface area contributed by atoms with Crippen molar-refractivity contribution in [2.75, 3.05) is 6.61 Å². The van der Waals surface area contributed by atoms with Gasteiger partial charge in [0.05, 0.1) is 4.90 Å². The summed E-state index contributed by atoms with van der Waals surface area (Å²) in [4.78, 5) is 2.17. The molecule has 0 aliphatic carbocycles. The summed E-state index contributed by atoms with van der Waals surface area (Å²) in [5.74, 6) is 0. The predicted molar refractivity (Wildman–Crippen MR) is 69.9 cm³/mol. The van der Waals surface area contributed by atoms with E-state index in [1.54, 1.807) is 6.07 Å². The summed E-state index contributed by atoms with van der Waals surface area (Å²) in [5, 5.41) is 8.70. The zero-order valence-corrected chi connectivity index (χ0v) is 12.0. The lowest BCUT2D eigenvalue weighted by atomic mass is 10.2. The highest BCUT2D eigenvalue weighted by atomic mass is 32.2. The molecule has 98 valence electrons. The largest absolute Gasteiger partial charge is 0.396 e. The first-order valence-corrected chi connectivity index (χ1v) is 7.87. The molecule has 4 nitrogen and oxygen atoms in total. The van der Waals surface area contributed by atoms with Crippen LogP contribution in [0.15, 0.2) is 11.0 Å². The number of hydrogen-bond donors (Lipinski definition) is 2. The minimum atomic E-state index is -3.42. The number of nitrogens with one attached hydrogen (secondary N) is 1. The maximum absolute atomic E-state index is 12.1. The molecule has 1 heterocycles. The summed E-state index contributed by atoms with van der Waals surface area (Å²) in [6.45, 7) is 5.60. The molecule has 6 heteroatoms. The van der Waals surface area contributed by atoms with Crippen molar-refractivity contribution in [3.63, 3.8) is 0 Å². The maximum atomic E-state index is 12.1. The first-order chi connectivity index (χ1) is 7.86. The fourth-order valence-electron chi connectivity index (χ4n) is 1.66. The van der Waals surface area contributed by atoms with Crippen molar-refractivity contribution in [2.24, 2.45) is 0 Å². The minimum absolute atomic E-state index is 0.0860. The number of aliphatic hydroxyl groups excluding tert-OH is 1. The zero-order valence-electron chi connectivity index (χ0n) is 10.4. The van der Waals surface area contributed by atoms with Gasteiger partial charge in [-0.25, -0.2) is 13.1 Å². The van der Waals surface area contributed by atoms with Gasteiger partial charge >= 0.3 is 0 Å². The summed E-state index contributed by atoms with van der Waals surface area (Å²) >= 11 is 1.48. The molecule has 1 rings (SSSR count). The van der Waals surface area contributed by atoms with Crippen LogP contribution in [0.3, 0.4) is 0 Å². The average molecular weight is 277 g/mol. The first kappa shape index (κ1) is 14.6. The smallest absolute Gasteiger partial charge is 0.241 e. The number of thiophene rings is 1. The Morgan fingerprint density at radius 3 is 2.59 bits per heavy atom. The second kappa shape index (κ2) is 5.95. The van der Waals surface area contributed by atoms with Gasteiger partial charge in [-0.05, 0) is 39.7 Å². The maximum Gasteiger partial charge on any atom is 0.241 e. The van der Waals surface area contributed by atoms with Gasteiger partial charge in [-0.2, -0.15) is 0 Å². The second-order valence-electron chi connectivity index (χ2n) is 4.17. The molecule has 1 unspecified atom stereocenters. The van der Waals surface area contributed by atoms with Crippen molar-refractivity contribution in [3.8, 4) is 0 Å². The Bertz CT molecular complexity index is 465. The lowest BCUT2D eigenvalue weighted by Crippen LogP contribution is -2.32. The third-order valence-corrected chi connectivity index (χ3v) is 5.25. The molecule has 0 bridgehead atoms. The Balaban J connectivity index is 2.79. The lowest BCUT2D eigenvalue weighted by molar-refractivity contribution is 0.279. The summed E-state index contributed by atoms with van der Waals surface area (Å²) in [6, 6.07) is 1.54. The van der Waals surface area contributed by atoms with Crippen LogP contribution in [0.4, 0.5) is 0 Å². The van der Waals surface area contributed by atoms with E-state index < -0.39 is 10.0 Å². The van der Waals surface area contributed by atoms with Crippen molar-refractivity contribution in [1.29, 1.82) is 0 Å². The predicted octanol–water partition coefficient (Wildman–Crippen LogP) is 1.80. The van der Waals surface area contributed by atoms with Crippen molar-refractivity contribution in [3.05, 3.63) is 15.8 Å². The van der Waals surface area contributed by atoms with Gasteiger partial charge in [0, 0.05) is 22.4 Å². The summed E-state index contributed by atoms with van der Waals surface area (Å²) in [7, 11) is -3.42. The van der Waals surface area contributed by atoms with E-state index in [9.17, 15) is 8.42 Å². The van der Waals surface area contributed by atoms with E-state index in [-0.39, 0.29) is 12.6 Å². The Kier molecular flexibility index (Phi) is 5.12. The number of hydrogen-bond acceptors (Lipinski definition) is 4. The Hall–Kier alpha value is -0.430. The topological polar surface area (TPSA) is 66.4 Å². The van der Waals surface area contributed by atoms with Crippen LogP contribution in [0.5, 0.6) is 0 Å². The van der Waals surface area contributed by atoms with E-state index in [1.807, 2.05) is 20.8 Å². The molecule has 0 amide bonds. The summed E-state index contributed by atoms with van der Waals surface area (Å²) in [6.07, 6.45) is 1.24. The van der Waals surface area contributed by atoms with E-state index >= 15 is 0 Å². The van der Waals surface area contributed by atoms with Gasteiger partial charge in [0.2, 0.25) is 10.0 Å². The molecule has 1 atom stereocenters. The number of aliphatic hydroxyl groups is 1. The standard InChI is InChI=1S/C11H19NO3S2/c1-8(5-4-6-13)12-17(14,15)11-7-9(2)16-10(11)3/h7-8,12-13H,4-6H2,1-3H3. The van der Waals surface area contributed by atoms with Gasteiger partial charge < -0.3 is 5.11 Å². The van der Waals surface area contributed by atoms with Crippen molar-refractivity contribution in [1.82, 2.24) is 4.72 Å². The van der Waals surface area contributed by atoms with E-state index in [0.29, 0.717) is 17.7 Å². The molecular formula is C11H19NO3S2. The van der Waals surface area contributed by atoms with Crippen LogP contribution in [-0.2, 0) is 10.0 Å². The van der Waals surface area contributed by atoms with Gasteiger partial charge in [-0.1, -0.05) is 0 Å². The van der Waals surface area contributed by atoms with Gasteiger partial charge in [0.25, 0.3) is 0 Å². The Morgan fingerprint density at radius 2 is 2.12 bits per heavy atom. The highest BCUT2D eigenvalue weighted by Crippen LogP contribution is 2.25. The SMILES string of the molecule is Cc1cc(S(=O)(=O)NC(C)CCCO)c(C)s1. The molecule has 0 fully saturated rings. The molecule has 2 N–H and O–H groups in total. The van der Waals surface area contributed by atoms with E-state index in [2.05, 4.69) is 4.72 Å². The quantitative estimate of drug-likeness (QED) is 0.833. The fraction of sp³-hybridized carbons (Fsp3) is 0.636. The van der Waals surface area contributed by atoms with Gasteiger partial charge in [-0.15, -0.1) is 11.3 Å². The Morgan fingerprint density at radius 1 is 1.47 bits per heavy atom. The lowest BCUT2D eigenvalue weighted by Gasteiger charge is -2.13. The number of aryl methyl sites for hydroxylation is 2. The molecule has 0 saturated carbocycles. The Labute approximate surface area is 107 Å². The average Bonchev–Trinajstić information content (AvgIpc) is 2.55. The number of sulfonamides is 1. The molecule has 0 radical (unpaired) electrons. The van der Waals surface area contributed by atoms with E-state index in [0.717, 1.165) is 9.75 Å². The molecular weight excluding hydrogens is 258 g/mol. The van der Waals surface area contributed by atoms with Gasteiger partial charge in [0.15, 0.2) is 0 Å².